The van der Waals surface area contributed by atoms with Gasteiger partial charge in [0.05, 0.1) is 27.7 Å². The van der Waals surface area contributed by atoms with Gasteiger partial charge in [0.1, 0.15) is 19.8 Å². The van der Waals surface area contributed by atoms with Crippen LogP contribution >= 0.6 is 7.82 Å². The van der Waals surface area contributed by atoms with Gasteiger partial charge in [-0.3, -0.25) is 14.2 Å². The average Bonchev–Trinajstić information content (AvgIpc) is 3.21. The highest BCUT2D eigenvalue weighted by atomic mass is 31.2. The molecule has 0 N–H and O–H groups in total. The number of hydrogen-bond acceptors (Lipinski definition) is 8. The maximum absolute atomic E-state index is 12.7. The van der Waals surface area contributed by atoms with E-state index in [4.69, 9.17) is 18.5 Å². The summed E-state index contributed by atoms with van der Waals surface area (Å²) in [7, 11) is 1.11. The van der Waals surface area contributed by atoms with Crippen LogP contribution in [0.5, 0.6) is 0 Å². The van der Waals surface area contributed by atoms with Crippen LogP contribution in [0, 0.1) is 0 Å². The van der Waals surface area contributed by atoms with Gasteiger partial charge >= 0.3 is 11.9 Å². The Morgan fingerprint density at radius 2 is 0.934 bits per heavy atom. The molecule has 352 valence electrons. The molecule has 0 fully saturated rings. The first kappa shape index (κ1) is 58.5. The molecule has 0 aliphatic heterocycles. The van der Waals surface area contributed by atoms with Gasteiger partial charge in [0.25, 0.3) is 7.82 Å². The van der Waals surface area contributed by atoms with Gasteiger partial charge < -0.3 is 27.9 Å². The van der Waals surface area contributed by atoms with Crippen molar-refractivity contribution >= 4 is 19.8 Å². The summed E-state index contributed by atoms with van der Waals surface area (Å²) >= 11 is 0. The summed E-state index contributed by atoms with van der Waals surface area (Å²) in [5.74, 6) is -0.931. The molecule has 9 nitrogen and oxygen atoms in total. The summed E-state index contributed by atoms with van der Waals surface area (Å²) in [6, 6.07) is 0. The summed E-state index contributed by atoms with van der Waals surface area (Å²) in [4.78, 5) is 37.6. The van der Waals surface area contributed by atoms with Crippen molar-refractivity contribution in [1.29, 1.82) is 0 Å². The maximum atomic E-state index is 12.7. The van der Waals surface area contributed by atoms with E-state index in [-0.39, 0.29) is 26.1 Å². The molecule has 0 aliphatic carbocycles. The number of phosphoric ester groups is 1. The maximum Gasteiger partial charge on any atom is 0.306 e. The molecule has 2 atom stereocenters. The zero-order valence-electron chi connectivity index (χ0n) is 39.6. The standard InChI is InChI=1S/C51H90NO8P/c1-6-8-10-12-14-16-18-20-22-24-26-28-30-32-34-36-38-40-42-44-51(54)60-49(48-59-61(55,56)58-46-45-52(3,4)5)47-57-50(53)43-41-39-37-35-33-31-29-27-25-23-21-19-17-15-13-11-9-7-2/h8,10,14,16,20,22,26,28,32,34,38,40,49H,6-7,9,11-13,15,17-19,21,23-25,27,29-31,33,35-37,39,41-48H2,1-5H3/b10-8-,16-14-,22-20-,28-26-,34-32-,40-38-/t49-/m1/s1. The number of unbranched alkanes of at least 4 members (excludes halogenated alkanes) is 17. The van der Waals surface area contributed by atoms with Crippen LogP contribution in [0.3, 0.4) is 0 Å². The van der Waals surface area contributed by atoms with Crippen molar-refractivity contribution in [2.24, 2.45) is 0 Å². The van der Waals surface area contributed by atoms with Crippen molar-refractivity contribution in [3.63, 3.8) is 0 Å². The molecule has 0 aromatic carbocycles. The van der Waals surface area contributed by atoms with Gasteiger partial charge in [0.2, 0.25) is 0 Å². The van der Waals surface area contributed by atoms with Gasteiger partial charge in [0.15, 0.2) is 6.10 Å². The van der Waals surface area contributed by atoms with E-state index in [1.54, 1.807) is 0 Å². The Hall–Kier alpha value is -2.55. The van der Waals surface area contributed by atoms with Crippen LogP contribution in [0.1, 0.15) is 187 Å². The molecular weight excluding hydrogens is 786 g/mol. The molecule has 0 radical (unpaired) electrons. The second-order valence-electron chi connectivity index (χ2n) is 17.1. The molecule has 61 heavy (non-hydrogen) atoms. The van der Waals surface area contributed by atoms with Crippen LogP contribution in [-0.2, 0) is 32.7 Å². The first-order valence-electron chi connectivity index (χ1n) is 24.1. The molecule has 0 amide bonds. The lowest BCUT2D eigenvalue weighted by molar-refractivity contribution is -0.870. The molecule has 0 saturated carbocycles. The molecule has 0 rings (SSSR count). The first-order chi connectivity index (χ1) is 29.5. The van der Waals surface area contributed by atoms with Crippen LogP contribution in [0.4, 0.5) is 0 Å². The number of rotatable bonds is 43. The van der Waals surface area contributed by atoms with E-state index < -0.39 is 32.5 Å². The van der Waals surface area contributed by atoms with Crippen LogP contribution < -0.4 is 4.89 Å². The molecule has 0 aliphatic rings. The molecule has 0 bridgehead atoms. The molecule has 0 heterocycles. The van der Waals surface area contributed by atoms with Crippen molar-refractivity contribution in [3.8, 4) is 0 Å². The predicted octanol–water partition coefficient (Wildman–Crippen LogP) is 13.6. The topological polar surface area (TPSA) is 111 Å². The molecular formula is C51H90NO8P. The zero-order chi connectivity index (χ0) is 45.0. The van der Waals surface area contributed by atoms with Crippen molar-refractivity contribution in [2.75, 3.05) is 47.5 Å². The number of ether oxygens (including phenoxy) is 2. The van der Waals surface area contributed by atoms with E-state index in [0.717, 1.165) is 57.8 Å². The van der Waals surface area contributed by atoms with E-state index >= 15 is 0 Å². The fourth-order valence-electron chi connectivity index (χ4n) is 6.27. The van der Waals surface area contributed by atoms with Gasteiger partial charge in [-0.15, -0.1) is 0 Å². The monoisotopic (exact) mass is 876 g/mol. The van der Waals surface area contributed by atoms with Gasteiger partial charge in [-0.05, 0) is 51.4 Å². The lowest BCUT2D eigenvalue weighted by Crippen LogP contribution is -2.37. The Morgan fingerprint density at radius 3 is 1.36 bits per heavy atom. The highest BCUT2D eigenvalue weighted by Crippen LogP contribution is 2.38. The summed E-state index contributed by atoms with van der Waals surface area (Å²) < 4.78 is 33.9. The van der Waals surface area contributed by atoms with E-state index in [9.17, 15) is 19.0 Å². The highest BCUT2D eigenvalue weighted by Gasteiger charge is 2.21. The fourth-order valence-corrected chi connectivity index (χ4v) is 7.00. The third kappa shape index (κ3) is 46.8. The highest BCUT2D eigenvalue weighted by molar-refractivity contribution is 7.45. The number of hydrogen-bond donors (Lipinski definition) is 0. The Bertz CT molecular complexity index is 1270. The minimum Gasteiger partial charge on any atom is -0.756 e. The number of allylic oxidation sites excluding steroid dienone is 12. The summed E-state index contributed by atoms with van der Waals surface area (Å²) in [6.07, 6.45) is 53.8. The van der Waals surface area contributed by atoms with Crippen molar-refractivity contribution in [2.45, 2.75) is 193 Å². The van der Waals surface area contributed by atoms with Crippen LogP contribution in [0.2, 0.25) is 0 Å². The van der Waals surface area contributed by atoms with Crippen LogP contribution in [-0.4, -0.2) is 70.0 Å². The van der Waals surface area contributed by atoms with Crippen molar-refractivity contribution in [1.82, 2.24) is 0 Å². The number of quaternary nitrogens is 1. The van der Waals surface area contributed by atoms with Crippen LogP contribution in [0.15, 0.2) is 72.9 Å². The van der Waals surface area contributed by atoms with Crippen molar-refractivity contribution < 1.29 is 42.1 Å². The van der Waals surface area contributed by atoms with Gasteiger partial charge in [-0.25, -0.2) is 0 Å². The number of carbonyl (C=O) groups excluding carboxylic acids is 2. The largest absolute Gasteiger partial charge is 0.756 e. The predicted molar refractivity (Wildman–Crippen MR) is 254 cm³/mol. The molecule has 0 aromatic rings. The van der Waals surface area contributed by atoms with Crippen molar-refractivity contribution in [3.05, 3.63) is 72.9 Å². The van der Waals surface area contributed by atoms with Gasteiger partial charge in [-0.1, -0.05) is 196 Å². The van der Waals surface area contributed by atoms with E-state index in [1.165, 1.54) is 96.3 Å². The van der Waals surface area contributed by atoms with Gasteiger partial charge in [-0.2, -0.15) is 0 Å². The quantitative estimate of drug-likeness (QED) is 0.0196. The molecule has 10 heteroatoms. The first-order valence-corrected chi connectivity index (χ1v) is 25.6. The average molecular weight is 876 g/mol. The summed E-state index contributed by atoms with van der Waals surface area (Å²) in [5, 5.41) is 0. The molecule has 0 saturated heterocycles. The molecule has 0 spiro atoms. The second kappa shape index (κ2) is 42.7. The fraction of sp³-hybridized carbons (Fsp3) is 0.725. The lowest BCUT2D eigenvalue weighted by Gasteiger charge is -2.28. The third-order valence-corrected chi connectivity index (χ3v) is 11.0. The minimum absolute atomic E-state index is 0.0466. The number of likely N-dealkylation sites (N-methyl/N-ethyl adjacent to an activating group) is 1. The second-order valence-corrected chi connectivity index (χ2v) is 18.5. The van der Waals surface area contributed by atoms with Crippen LogP contribution in [0.25, 0.3) is 0 Å². The number of phosphoric acid groups is 1. The zero-order valence-corrected chi connectivity index (χ0v) is 40.5. The molecule has 0 aromatic heterocycles. The lowest BCUT2D eigenvalue weighted by atomic mass is 10.0. The Kier molecular flexibility index (Phi) is 40.9. The molecule has 1 unspecified atom stereocenters. The third-order valence-electron chi connectivity index (χ3n) is 10.0. The SMILES string of the molecule is CC/C=C\C/C=C\C/C=C\C/C=C\C/C=C\C/C=C\CCC(=O)O[C@H](COC(=O)CCCCCCCCCCCCCCCCCCCC)COP(=O)([O-])OCC[N+](C)(C)C. The minimum atomic E-state index is -4.65. The van der Waals surface area contributed by atoms with E-state index in [0.29, 0.717) is 17.4 Å². The van der Waals surface area contributed by atoms with Gasteiger partial charge in [0, 0.05) is 12.8 Å². The smallest absolute Gasteiger partial charge is 0.306 e. The summed E-state index contributed by atoms with van der Waals surface area (Å²) in [6.45, 7) is 4.04. The summed E-state index contributed by atoms with van der Waals surface area (Å²) in [5.41, 5.74) is 0. The number of carbonyl (C=O) groups is 2. The number of nitrogens with zero attached hydrogens (tertiary/aromatic N) is 1. The Morgan fingerprint density at radius 1 is 0.525 bits per heavy atom. The van der Waals surface area contributed by atoms with E-state index in [1.807, 2.05) is 33.3 Å². The van der Waals surface area contributed by atoms with E-state index in [2.05, 4.69) is 74.6 Å². The Labute approximate surface area is 374 Å². The normalized spacial score (nSPS) is 14.1. The Balaban J connectivity index is 4.41. The number of esters is 2.